The van der Waals surface area contributed by atoms with Crippen molar-refractivity contribution in [1.29, 1.82) is 0 Å². The molecule has 27 heavy (non-hydrogen) atoms. The summed E-state index contributed by atoms with van der Waals surface area (Å²) in [7, 11) is 1.89. The highest BCUT2D eigenvalue weighted by Gasteiger charge is 2.28. The molecule has 0 bridgehead atoms. The molecule has 1 unspecified atom stereocenters. The number of H-pyrrole nitrogens is 1. The molecule has 2 heterocycles. The average Bonchev–Trinajstić information content (AvgIpc) is 3.26. The van der Waals surface area contributed by atoms with E-state index < -0.39 is 12.1 Å². The molecule has 0 spiro atoms. The van der Waals surface area contributed by atoms with Gasteiger partial charge >= 0.3 is 6.09 Å². The Kier molecular flexibility index (Phi) is 4.16. The number of carbonyl (C=O) groups is 1. The SMILES string of the molecule is CC(c1nc(-c2ccccc2)cn1C)N(C(=O)O)c1c[nH]c2ccccc12. The summed E-state index contributed by atoms with van der Waals surface area (Å²) >= 11 is 0. The van der Waals surface area contributed by atoms with Gasteiger partial charge in [-0.05, 0) is 13.0 Å². The minimum absolute atomic E-state index is 0.454. The summed E-state index contributed by atoms with van der Waals surface area (Å²) in [5.74, 6) is 0.682. The first-order valence-corrected chi connectivity index (χ1v) is 8.73. The molecule has 0 radical (unpaired) electrons. The molecule has 0 saturated heterocycles. The Morgan fingerprint density at radius 1 is 1.15 bits per heavy atom. The second-order valence-electron chi connectivity index (χ2n) is 6.51. The Bertz CT molecular complexity index is 1100. The predicted molar refractivity (Wildman–Crippen MR) is 106 cm³/mol. The second kappa shape index (κ2) is 6.64. The topological polar surface area (TPSA) is 74.2 Å². The van der Waals surface area contributed by atoms with Crippen LogP contribution in [0, 0.1) is 0 Å². The zero-order chi connectivity index (χ0) is 19.0. The third kappa shape index (κ3) is 2.95. The summed E-state index contributed by atoms with van der Waals surface area (Å²) in [5.41, 5.74) is 3.34. The summed E-state index contributed by atoms with van der Waals surface area (Å²) in [6, 6.07) is 17.1. The Hall–Kier alpha value is -3.54. The molecule has 0 aliphatic carbocycles. The highest BCUT2D eigenvalue weighted by Crippen LogP contribution is 2.33. The summed E-state index contributed by atoms with van der Waals surface area (Å²) in [6.07, 6.45) is 2.64. The van der Waals surface area contributed by atoms with Crippen molar-refractivity contribution in [2.45, 2.75) is 13.0 Å². The van der Waals surface area contributed by atoms with Gasteiger partial charge in [-0.1, -0.05) is 48.5 Å². The summed E-state index contributed by atoms with van der Waals surface area (Å²) in [5, 5.41) is 10.8. The molecule has 6 nitrogen and oxygen atoms in total. The Balaban J connectivity index is 1.77. The van der Waals surface area contributed by atoms with Gasteiger partial charge in [-0.3, -0.25) is 4.90 Å². The molecule has 0 saturated carbocycles. The molecule has 0 aliphatic rings. The maximum atomic E-state index is 12.1. The van der Waals surface area contributed by atoms with Crippen LogP contribution in [0.5, 0.6) is 0 Å². The molecular formula is C21H20N4O2. The largest absolute Gasteiger partial charge is 0.465 e. The number of aryl methyl sites for hydroxylation is 1. The van der Waals surface area contributed by atoms with Gasteiger partial charge in [0.2, 0.25) is 0 Å². The van der Waals surface area contributed by atoms with E-state index in [4.69, 9.17) is 4.98 Å². The quantitative estimate of drug-likeness (QED) is 0.548. The number of para-hydroxylation sites is 1. The number of carboxylic acid groups (broad SMARTS) is 1. The predicted octanol–water partition coefficient (Wildman–Crippen LogP) is 4.81. The molecule has 0 aliphatic heterocycles. The molecule has 2 N–H and O–H groups in total. The lowest BCUT2D eigenvalue weighted by Gasteiger charge is -2.25. The number of hydrogen-bond acceptors (Lipinski definition) is 2. The molecule has 0 fully saturated rings. The van der Waals surface area contributed by atoms with E-state index in [1.54, 1.807) is 6.20 Å². The van der Waals surface area contributed by atoms with Crippen LogP contribution in [0.4, 0.5) is 10.5 Å². The van der Waals surface area contributed by atoms with Crippen molar-refractivity contribution < 1.29 is 9.90 Å². The van der Waals surface area contributed by atoms with E-state index in [9.17, 15) is 9.90 Å². The number of aromatic nitrogens is 3. The number of fused-ring (bicyclic) bond motifs is 1. The zero-order valence-electron chi connectivity index (χ0n) is 15.1. The molecule has 2 aromatic heterocycles. The molecule has 4 aromatic rings. The van der Waals surface area contributed by atoms with Crippen molar-refractivity contribution >= 4 is 22.7 Å². The Morgan fingerprint density at radius 3 is 2.59 bits per heavy atom. The lowest BCUT2D eigenvalue weighted by Crippen LogP contribution is -2.33. The lowest BCUT2D eigenvalue weighted by atomic mass is 10.2. The standard InChI is InChI=1S/C21H20N4O2/c1-14(20-23-18(13-24(20)2)15-8-4-3-5-9-15)25(21(26)27)19-12-22-17-11-7-6-10-16(17)19/h3-14,22H,1-2H3,(H,26,27). The third-order valence-electron chi connectivity index (χ3n) is 4.78. The van der Waals surface area contributed by atoms with Gasteiger partial charge in [0.05, 0.1) is 17.4 Å². The van der Waals surface area contributed by atoms with Crippen molar-refractivity contribution in [1.82, 2.24) is 14.5 Å². The highest BCUT2D eigenvalue weighted by atomic mass is 16.4. The van der Waals surface area contributed by atoms with E-state index in [2.05, 4.69) is 4.98 Å². The minimum atomic E-state index is -1.02. The van der Waals surface area contributed by atoms with Crippen LogP contribution in [-0.2, 0) is 7.05 Å². The van der Waals surface area contributed by atoms with Crippen molar-refractivity contribution in [2.75, 3.05) is 4.90 Å². The maximum absolute atomic E-state index is 12.1. The molecule has 2 aromatic carbocycles. The van der Waals surface area contributed by atoms with E-state index in [1.165, 1.54) is 4.90 Å². The normalized spacial score (nSPS) is 12.2. The van der Waals surface area contributed by atoms with Gasteiger partial charge in [-0.15, -0.1) is 0 Å². The van der Waals surface area contributed by atoms with Crippen molar-refractivity contribution in [3.63, 3.8) is 0 Å². The van der Waals surface area contributed by atoms with Gasteiger partial charge in [0, 0.05) is 35.9 Å². The molecule has 1 atom stereocenters. The van der Waals surface area contributed by atoms with E-state index in [0.717, 1.165) is 22.2 Å². The summed E-state index contributed by atoms with van der Waals surface area (Å²) < 4.78 is 1.89. The van der Waals surface area contributed by atoms with E-state index in [1.807, 2.05) is 79.3 Å². The number of nitrogens with one attached hydrogen (secondary N) is 1. The fourth-order valence-electron chi connectivity index (χ4n) is 3.47. The number of benzene rings is 2. The average molecular weight is 360 g/mol. The zero-order valence-corrected chi connectivity index (χ0v) is 15.1. The number of rotatable bonds is 4. The van der Waals surface area contributed by atoms with Gasteiger partial charge in [0.1, 0.15) is 5.82 Å². The fourth-order valence-corrected chi connectivity index (χ4v) is 3.47. The maximum Gasteiger partial charge on any atom is 0.412 e. The Labute approximate surface area is 156 Å². The van der Waals surface area contributed by atoms with Gasteiger partial charge in [0.25, 0.3) is 0 Å². The first-order chi connectivity index (χ1) is 13.1. The smallest absolute Gasteiger partial charge is 0.412 e. The summed E-state index contributed by atoms with van der Waals surface area (Å²) in [6.45, 7) is 1.85. The van der Waals surface area contributed by atoms with Crippen molar-refractivity contribution in [3.8, 4) is 11.3 Å². The highest BCUT2D eigenvalue weighted by molar-refractivity contribution is 6.00. The molecule has 136 valence electrons. The van der Waals surface area contributed by atoms with E-state index in [0.29, 0.717) is 11.5 Å². The van der Waals surface area contributed by atoms with Gasteiger partial charge in [0.15, 0.2) is 0 Å². The van der Waals surface area contributed by atoms with Crippen molar-refractivity contribution in [2.24, 2.45) is 7.05 Å². The summed E-state index contributed by atoms with van der Waals surface area (Å²) in [4.78, 5) is 21.3. The number of anilines is 1. The number of nitrogens with zero attached hydrogens (tertiary/aromatic N) is 3. The van der Waals surface area contributed by atoms with Crippen LogP contribution in [0.15, 0.2) is 67.0 Å². The number of aromatic amines is 1. The second-order valence-corrected chi connectivity index (χ2v) is 6.51. The van der Waals surface area contributed by atoms with Gasteiger partial charge in [-0.25, -0.2) is 9.78 Å². The van der Waals surface area contributed by atoms with Crippen LogP contribution in [-0.4, -0.2) is 25.7 Å². The fraction of sp³-hybridized carbons (Fsp3) is 0.143. The van der Waals surface area contributed by atoms with Gasteiger partial charge < -0.3 is 14.7 Å². The van der Waals surface area contributed by atoms with E-state index in [-0.39, 0.29) is 0 Å². The minimum Gasteiger partial charge on any atom is -0.465 e. The van der Waals surface area contributed by atoms with Crippen LogP contribution >= 0.6 is 0 Å². The molecule has 4 rings (SSSR count). The molecular weight excluding hydrogens is 340 g/mol. The lowest BCUT2D eigenvalue weighted by molar-refractivity contribution is 0.199. The number of hydrogen-bond donors (Lipinski definition) is 2. The first kappa shape index (κ1) is 16.9. The monoisotopic (exact) mass is 360 g/mol. The van der Waals surface area contributed by atoms with Crippen LogP contribution < -0.4 is 4.90 Å². The molecule has 1 amide bonds. The van der Waals surface area contributed by atoms with Crippen LogP contribution in [0.2, 0.25) is 0 Å². The number of imidazole rings is 1. The molecule has 6 heteroatoms. The number of amides is 1. The van der Waals surface area contributed by atoms with Crippen LogP contribution in [0.1, 0.15) is 18.8 Å². The first-order valence-electron chi connectivity index (χ1n) is 8.73. The van der Waals surface area contributed by atoms with Gasteiger partial charge in [-0.2, -0.15) is 0 Å². The Morgan fingerprint density at radius 2 is 1.85 bits per heavy atom. The van der Waals surface area contributed by atoms with Crippen molar-refractivity contribution in [3.05, 3.63) is 72.8 Å². The van der Waals surface area contributed by atoms with Crippen LogP contribution in [0.3, 0.4) is 0 Å². The third-order valence-corrected chi connectivity index (χ3v) is 4.78. The van der Waals surface area contributed by atoms with E-state index >= 15 is 0 Å². The van der Waals surface area contributed by atoms with Crippen LogP contribution in [0.25, 0.3) is 22.2 Å².